The first-order valence-corrected chi connectivity index (χ1v) is 6.68. The predicted molar refractivity (Wildman–Crippen MR) is 70.1 cm³/mol. The topological polar surface area (TPSA) is 0 Å². The molecule has 0 radical (unpaired) electrons. The summed E-state index contributed by atoms with van der Waals surface area (Å²) in [5.41, 5.74) is 2.98. The second-order valence-corrected chi connectivity index (χ2v) is 5.29. The van der Waals surface area contributed by atoms with Crippen LogP contribution in [-0.4, -0.2) is 5.75 Å². The van der Waals surface area contributed by atoms with E-state index in [9.17, 15) is 0 Å². The molecule has 1 atom stereocenters. The molecule has 0 saturated carbocycles. The molecule has 1 heteroatoms. The third kappa shape index (κ3) is 1.88. The molecule has 1 aliphatic heterocycles. The maximum atomic E-state index is 2.26. The van der Waals surface area contributed by atoms with E-state index < -0.39 is 0 Å². The fraction of sp³-hybridized carbons (Fsp3) is 0.200. The highest BCUT2D eigenvalue weighted by atomic mass is 32.2. The number of hydrogen-bond donors (Lipinski definition) is 0. The first-order chi connectivity index (χ1) is 7.93. The zero-order valence-corrected chi connectivity index (χ0v) is 9.91. The lowest BCUT2D eigenvalue weighted by Crippen LogP contribution is -2.11. The van der Waals surface area contributed by atoms with Gasteiger partial charge in [-0.1, -0.05) is 48.5 Å². The van der Waals surface area contributed by atoms with Crippen LogP contribution in [0.3, 0.4) is 0 Å². The highest BCUT2D eigenvalue weighted by Crippen LogP contribution is 2.37. The Labute approximate surface area is 101 Å². The van der Waals surface area contributed by atoms with Crippen LogP contribution in [0.15, 0.2) is 59.5 Å². The Morgan fingerprint density at radius 1 is 0.875 bits per heavy atom. The van der Waals surface area contributed by atoms with Crippen LogP contribution in [0.5, 0.6) is 0 Å². The van der Waals surface area contributed by atoms with E-state index in [0.717, 1.165) is 0 Å². The van der Waals surface area contributed by atoms with Crippen molar-refractivity contribution < 1.29 is 0 Å². The number of benzene rings is 2. The largest absolute Gasteiger partial charge is 0.125 e. The van der Waals surface area contributed by atoms with Crippen LogP contribution in [0.4, 0.5) is 0 Å². The number of fused-ring (bicyclic) bond motifs is 1. The minimum atomic E-state index is 0.682. The van der Waals surface area contributed by atoms with Crippen LogP contribution >= 0.6 is 11.8 Å². The van der Waals surface area contributed by atoms with Gasteiger partial charge in [-0.05, 0) is 29.5 Å². The molecule has 2 aromatic rings. The molecular weight excluding hydrogens is 212 g/mol. The lowest BCUT2D eigenvalue weighted by molar-refractivity contribution is 0.746. The highest BCUT2D eigenvalue weighted by Gasteiger charge is 2.19. The molecule has 1 heterocycles. The van der Waals surface area contributed by atoms with Crippen LogP contribution < -0.4 is 0 Å². The Bertz CT molecular complexity index is 476. The molecule has 0 bridgehead atoms. The summed E-state index contributed by atoms with van der Waals surface area (Å²) < 4.78 is 0. The van der Waals surface area contributed by atoms with Crippen LogP contribution in [-0.2, 0) is 6.42 Å². The van der Waals surface area contributed by atoms with Crippen LogP contribution in [0.2, 0.25) is 0 Å². The van der Waals surface area contributed by atoms with Crippen LogP contribution in [0.1, 0.15) is 17.0 Å². The minimum Gasteiger partial charge on any atom is -0.125 e. The molecule has 16 heavy (non-hydrogen) atoms. The SMILES string of the molecule is c1ccc(C2CSc3ccccc3C2)cc1. The fourth-order valence-electron chi connectivity index (χ4n) is 2.27. The Morgan fingerprint density at radius 3 is 2.50 bits per heavy atom. The lowest BCUT2D eigenvalue weighted by Gasteiger charge is -2.24. The monoisotopic (exact) mass is 226 g/mol. The van der Waals surface area contributed by atoms with Gasteiger partial charge in [-0.3, -0.25) is 0 Å². The molecule has 0 aliphatic carbocycles. The summed E-state index contributed by atoms with van der Waals surface area (Å²) in [6.45, 7) is 0. The van der Waals surface area contributed by atoms with Crippen molar-refractivity contribution in [3.05, 3.63) is 65.7 Å². The second-order valence-electron chi connectivity index (χ2n) is 4.23. The summed E-state index contributed by atoms with van der Waals surface area (Å²) in [5.74, 6) is 1.89. The maximum absolute atomic E-state index is 2.26. The van der Waals surface area contributed by atoms with Crippen molar-refractivity contribution in [2.24, 2.45) is 0 Å². The molecule has 1 unspecified atom stereocenters. The Hall–Kier alpha value is -1.21. The van der Waals surface area contributed by atoms with E-state index in [1.807, 2.05) is 11.8 Å². The van der Waals surface area contributed by atoms with Gasteiger partial charge in [0.15, 0.2) is 0 Å². The van der Waals surface area contributed by atoms with E-state index in [-0.39, 0.29) is 0 Å². The van der Waals surface area contributed by atoms with E-state index in [0.29, 0.717) is 5.92 Å². The Morgan fingerprint density at radius 2 is 1.62 bits per heavy atom. The standard InChI is InChI=1S/C15H14S/c1-2-6-12(7-3-1)14-10-13-8-4-5-9-15(13)16-11-14/h1-9,14H,10-11H2. The third-order valence-electron chi connectivity index (χ3n) is 3.15. The van der Waals surface area contributed by atoms with Gasteiger partial charge in [0.1, 0.15) is 0 Å². The fourth-order valence-corrected chi connectivity index (χ4v) is 3.47. The number of rotatable bonds is 1. The van der Waals surface area contributed by atoms with E-state index in [1.54, 1.807) is 0 Å². The van der Waals surface area contributed by atoms with Crippen molar-refractivity contribution in [1.82, 2.24) is 0 Å². The molecule has 80 valence electrons. The molecular formula is C15H14S. The normalized spacial score (nSPS) is 19.1. The quantitative estimate of drug-likeness (QED) is 0.705. The molecule has 1 aliphatic rings. The van der Waals surface area contributed by atoms with Gasteiger partial charge in [0.05, 0.1) is 0 Å². The van der Waals surface area contributed by atoms with Gasteiger partial charge in [-0.25, -0.2) is 0 Å². The lowest BCUT2D eigenvalue weighted by atomic mass is 9.93. The predicted octanol–water partition coefficient (Wildman–Crippen LogP) is 4.12. The summed E-state index contributed by atoms with van der Waals surface area (Å²) in [5, 5.41) is 0. The molecule has 0 N–H and O–H groups in total. The number of hydrogen-bond acceptors (Lipinski definition) is 1. The first-order valence-electron chi connectivity index (χ1n) is 5.69. The molecule has 2 aromatic carbocycles. The minimum absolute atomic E-state index is 0.682. The van der Waals surface area contributed by atoms with Crippen LogP contribution in [0.25, 0.3) is 0 Å². The average molecular weight is 226 g/mol. The summed E-state index contributed by atoms with van der Waals surface area (Å²) in [6, 6.07) is 19.6. The molecule has 0 spiro atoms. The summed E-state index contributed by atoms with van der Waals surface area (Å²) >= 11 is 1.99. The van der Waals surface area contributed by atoms with Crippen molar-refractivity contribution in [2.45, 2.75) is 17.2 Å². The summed E-state index contributed by atoms with van der Waals surface area (Å²) in [4.78, 5) is 1.47. The van der Waals surface area contributed by atoms with E-state index in [1.165, 1.54) is 28.2 Å². The first kappa shape index (κ1) is 9.98. The van der Waals surface area contributed by atoms with Gasteiger partial charge in [0.2, 0.25) is 0 Å². The van der Waals surface area contributed by atoms with Crippen molar-refractivity contribution in [2.75, 3.05) is 5.75 Å². The molecule has 3 rings (SSSR count). The summed E-state index contributed by atoms with van der Waals surface area (Å²) in [7, 11) is 0. The Kier molecular flexibility index (Phi) is 2.71. The molecule has 0 amide bonds. The van der Waals surface area contributed by atoms with Crippen molar-refractivity contribution in [1.29, 1.82) is 0 Å². The van der Waals surface area contributed by atoms with Crippen molar-refractivity contribution >= 4 is 11.8 Å². The van der Waals surface area contributed by atoms with Gasteiger partial charge in [0.25, 0.3) is 0 Å². The molecule has 0 aromatic heterocycles. The van der Waals surface area contributed by atoms with Gasteiger partial charge < -0.3 is 0 Å². The van der Waals surface area contributed by atoms with Gasteiger partial charge >= 0.3 is 0 Å². The highest BCUT2D eigenvalue weighted by molar-refractivity contribution is 7.99. The van der Waals surface area contributed by atoms with Crippen molar-refractivity contribution in [3.63, 3.8) is 0 Å². The van der Waals surface area contributed by atoms with E-state index in [4.69, 9.17) is 0 Å². The zero-order valence-electron chi connectivity index (χ0n) is 9.10. The average Bonchev–Trinajstić information content (AvgIpc) is 2.39. The van der Waals surface area contributed by atoms with E-state index >= 15 is 0 Å². The smallest absolute Gasteiger partial charge is 0.0104 e. The molecule has 0 nitrogen and oxygen atoms in total. The van der Waals surface area contributed by atoms with Crippen LogP contribution in [0, 0.1) is 0 Å². The summed E-state index contributed by atoms with van der Waals surface area (Å²) in [6.07, 6.45) is 1.19. The van der Waals surface area contributed by atoms with E-state index in [2.05, 4.69) is 54.6 Å². The van der Waals surface area contributed by atoms with Gasteiger partial charge in [0, 0.05) is 10.6 Å². The van der Waals surface area contributed by atoms with Crippen molar-refractivity contribution in [3.8, 4) is 0 Å². The second kappa shape index (κ2) is 4.34. The Balaban J connectivity index is 1.89. The van der Waals surface area contributed by atoms with Gasteiger partial charge in [-0.15, -0.1) is 11.8 Å². The molecule has 0 fully saturated rings. The maximum Gasteiger partial charge on any atom is 0.0104 e. The van der Waals surface area contributed by atoms with Gasteiger partial charge in [-0.2, -0.15) is 0 Å². The zero-order chi connectivity index (χ0) is 10.8. The third-order valence-corrected chi connectivity index (χ3v) is 4.43. The molecule has 0 saturated heterocycles. The number of thioether (sulfide) groups is 1.